The van der Waals surface area contributed by atoms with Crippen LogP contribution < -0.4 is 0 Å². The van der Waals surface area contributed by atoms with E-state index in [0.717, 1.165) is 16.8 Å². The number of rotatable bonds is 2. The SMILES string of the molecule is O=C1c2ccccc2C(=O)N1Sc1ccccc1. The maximum Gasteiger partial charge on any atom is 0.272 e. The van der Waals surface area contributed by atoms with Gasteiger partial charge in [-0.1, -0.05) is 30.3 Å². The topological polar surface area (TPSA) is 37.4 Å². The van der Waals surface area contributed by atoms with Gasteiger partial charge in [0, 0.05) is 4.90 Å². The Hall–Kier alpha value is -2.07. The summed E-state index contributed by atoms with van der Waals surface area (Å²) in [5, 5.41) is 0. The third kappa shape index (κ3) is 1.71. The first kappa shape index (κ1) is 11.0. The van der Waals surface area contributed by atoms with E-state index in [4.69, 9.17) is 0 Å². The second-order valence-electron chi connectivity index (χ2n) is 3.85. The van der Waals surface area contributed by atoms with Crippen molar-refractivity contribution in [2.75, 3.05) is 0 Å². The van der Waals surface area contributed by atoms with E-state index < -0.39 is 0 Å². The van der Waals surface area contributed by atoms with Crippen LogP contribution >= 0.6 is 11.9 Å². The number of nitrogens with zero attached hydrogens (tertiary/aromatic N) is 1. The molecule has 4 heteroatoms. The molecule has 2 aromatic rings. The standard InChI is InChI=1S/C14H9NO2S/c16-13-11-8-4-5-9-12(11)14(17)15(13)18-10-6-2-1-3-7-10/h1-9H. The number of fused-ring (bicyclic) bond motifs is 1. The van der Waals surface area contributed by atoms with E-state index in [-0.39, 0.29) is 11.8 Å². The van der Waals surface area contributed by atoms with Crippen molar-refractivity contribution in [2.45, 2.75) is 4.90 Å². The molecule has 0 saturated heterocycles. The lowest BCUT2D eigenvalue weighted by Gasteiger charge is -2.11. The third-order valence-corrected chi connectivity index (χ3v) is 3.69. The maximum atomic E-state index is 12.1. The molecule has 0 spiro atoms. The number of hydrogen-bond acceptors (Lipinski definition) is 3. The highest BCUT2D eigenvalue weighted by Gasteiger charge is 2.35. The summed E-state index contributed by atoms with van der Waals surface area (Å²) in [6.45, 7) is 0. The van der Waals surface area contributed by atoms with Crippen LogP contribution in [0.25, 0.3) is 0 Å². The summed E-state index contributed by atoms with van der Waals surface area (Å²) >= 11 is 1.16. The Morgan fingerprint density at radius 3 is 1.78 bits per heavy atom. The number of imide groups is 1. The molecule has 2 amide bonds. The lowest BCUT2D eigenvalue weighted by atomic mass is 10.1. The van der Waals surface area contributed by atoms with Gasteiger partial charge in [-0.25, -0.2) is 4.31 Å². The van der Waals surface area contributed by atoms with Crippen LogP contribution in [-0.4, -0.2) is 16.1 Å². The number of benzene rings is 2. The molecule has 0 aliphatic carbocycles. The molecule has 0 N–H and O–H groups in total. The van der Waals surface area contributed by atoms with Crippen LogP contribution in [0.1, 0.15) is 20.7 Å². The van der Waals surface area contributed by atoms with Crippen LogP contribution in [0, 0.1) is 0 Å². The van der Waals surface area contributed by atoms with Crippen molar-refractivity contribution in [3.05, 3.63) is 65.7 Å². The molecule has 1 heterocycles. The molecule has 0 unspecified atom stereocenters. The minimum absolute atomic E-state index is 0.246. The van der Waals surface area contributed by atoms with E-state index >= 15 is 0 Å². The van der Waals surface area contributed by atoms with Gasteiger partial charge in [0.25, 0.3) is 11.8 Å². The van der Waals surface area contributed by atoms with Crippen LogP contribution in [0.3, 0.4) is 0 Å². The summed E-state index contributed by atoms with van der Waals surface area (Å²) in [4.78, 5) is 25.1. The van der Waals surface area contributed by atoms with Gasteiger partial charge in [0.2, 0.25) is 0 Å². The van der Waals surface area contributed by atoms with Crippen LogP contribution in [0.4, 0.5) is 0 Å². The molecule has 88 valence electrons. The van der Waals surface area contributed by atoms with E-state index in [9.17, 15) is 9.59 Å². The summed E-state index contributed by atoms with van der Waals surface area (Å²) in [6, 6.07) is 16.3. The van der Waals surface area contributed by atoms with Crippen molar-refractivity contribution in [2.24, 2.45) is 0 Å². The predicted octanol–water partition coefficient (Wildman–Crippen LogP) is 2.99. The Labute approximate surface area is 109 Å². The van der Waals surface area contributed by atoms with E-state index in [1.54, 1.807) is 24.3 Å². The first-order chi connectivity index (χ1) is 8.77. The average molecular weight is 255 g/mol. The second kappa shape index (κ2) is 4.31. The van der Waals surface area contributed by atoms with Gasteiger partial charge < -0.3 is 0 Å². The minimum Gasteiger partial charge on any atom is -0.268 e. The number of hydrogen-bond donors (Lipinski definition) is 0. The fraction of sp³-hybridized carbons (Fsp3) is 0. The summed E-state index contributed by atoms with van der Waals surface area (Å²) in [6.07, 6.45) is 0. The van der Waals surface area contributed by atoms with Crippen LogP contribution in [0.5, 0.6) is 0 Å². The number of carbonyl (C=O) groups excluding carboxylic acids is 2. The molecule has 1 aliphatic rings. The Bertz CT molecular complexity index is 590. The zero-order chi connectivity index (χ0) is 12.5. The highest BCUT2D eigenvalue weighted by molar-refractivity contribution is 7.98. The molecule has 1 aliphatic heterocycles. The van der Waals surface area contributed by atoms with Crippen molar-refractivity contribution in [3.63, 3.8) is 0 Å². The first-order valence-corrected chi connectivity index (χ1v) is 6.25. The van der Waals surface area contributed by atoms with Crippen LogP contribution in [-0.2, 0) is 0 Å². The molecule has 2 aromatic carbocycles. The van der Waals surface area contributed by atoms with E-state index in [1.165, 1.54) is 4.31 Å². The molecular weight excluding hydrogens is 246 g/mol. The predicted molar refractivity (Wildman–Crippen MR) is 69.2 cm³/mol. The molecule has 3 nitrogen and oxygen atoms in total. The lowest BCUT2D eigenvalue weighted by Crippen LogP contribution is -2.21. The molecule has 3 rings (SSSR count). The Morgan fingerprint density at radius 1 is 0.722 bits per heavy atom. The highest BCUT2D eigenvalue weighted by Crippen LogP contribution is 2.32. The normalized spacial score (nSPS) is 13.9. The smallest absolute Gasteiger partial charge is 0.268 e. The molecule has 0 aromatic heterocycles. The molecule has 0 bridgehead atoms. The maximum absolute atomic E-state index is 12.1. The van der Waals surface area contributed by atoms with Gasteiger partial charge >= 0.3 is 0 Å². The Balaban J connectivity index is 1.93. The van der Waals surface area contributed by atoms with E-state index in [1.807, 2.05) is 30.3 Å². The van der Waals surface area contributed by atoms with Crippen molar-refractivity contribution in [1.29, 1.82) is 0 Å². The third-order valence-electron chi connectivity index (χ3n) is 2.70. The zero-order valence-electron chi connectivity index (χ0n) is 9.37. The largest absolute Gasteiger partial charge is 0.272 e. The fourth-order valence-corrected chi connectivity index (χ4v) is 2.69. The van der Waals surface area contributed by atoms with Crippen LogP contribution in [0.2, 0.25) is 0 Å². The molecule has 0 fully saturated rings. The lowest BCUT2D eigenvalue weighted by molar-refractivity contribution is 0.0777. The van der Waals surface area contributed by atoms with E-state index in [0.29, 0.717) is 11.1 Å². The molecule has 0 saturated carbocycles. The van der Waals surface area contributed by atoms with Crippen LogP contribution in [0.15, 0.2) is 59.5 Å². The van der Waals surface area contributed by atoms with Gasteiger partial charge in [-0.15, -0.1) is 0 Å². The van der Waals surface area contributed by atoms with Gasteiger partial charge in [0.1, 0.15) is 0 Å². The first-order valence-electron chi connectivity index (χ1n) is 5.48. The highest BCUT2D eigenvalue weighted by atomic mass is 32.2. The van der Waals surface area contributed by atoms with E-state index in [2.05, 4.69) is 0 Å². The summed E-state index contributed by atoms with van der Waals surface area (Å²) < 4.78 is 1.21. The quantitative estimate of drug-likeness (QED) is 0.611. The van der Waals surface area contributed by atoms with Gasteiger partial charge in [-0.05, 0) is 36.2 Å². The zero-order valence-corrected chi connectivity index (χ0v) is 10.2. The minimum atomic E-state index is -0.246. The van der Waals surface area contributed by atoms with Gasteiger partial charge in [0.05, 0.1) is 11.1 Å². The second-order valence-corrected chi connectivity index (χ2v) is 4.87. The molecule has 0 radical (unpaired) electrons. The van der Waals surface area contributed by atoms with Gasteiger partial charge in [-0.2, -0.15) is 0 Å². The Kier molecular flexibility index (Phi) is 2.64. The van der Waals surface area contributed by atoms with Crippen molar-refractivity contribution < 1.29 is 9.59 Å². The summed E-state index contributed by atoms with van der Waals surface area (Å²) in [5.74, 6) is -0.492. The summed E-state index contributed by atoms with van der Waals surface area (Å²) in [7, 11) is 0. The molecule has 18 heavy (non-hydrogen) atoms. The average Bonchev–Trinajstić information content (AvgIpc) is 2.66. The molecule has 0 atom stereocenters. The van der Waals surface area contributed by atoms with Gasteiger partial charge in [0.15, 0.2) is 0 Å². The van der Waals surface area contributed by atoms with Gasteiger partial charge in [-0.3, -0.25) is 9.59 Å². The number of carbonyl (C=O) groups is 2. The van der Waals surface area contributed by atoms with Crippen molar-refractivity contribution in [1.82, 2.24) is 4.31 Å². The fourth-order valence-electron chi connectivity index (χ4n) is 1.84. The van der Waals surface area contributed by atoms with Crippen molar-refractivity contribution >= 4 is 23.8 Å². The monoisotopic (exact) mass is 255 g/mol. The van der Waals surface area contributed by atoms with Crippen molar-refractivity contribution in [3.8, 4) is 0 Å². The molecular formula is C14H9NO2S. The summed E-state index contributed by atoms with van der Waals surface area (Å²) in [5.41, 5.74) is 0.955. The number of amides is 2. The Morgan fingerprint density at radius 2 is 1.22 bits per heavy atom.